The lowest BCUT2D eigenvalue weighted by molar-refractivity contribution is -0.119. The lowest BCUT2D eigenvalue weighted by Crippen LogP contribution is -2.40. The Morgan fingerprint density at radius 1 is 1.41 bits per heavy atom. The second-order valence-corrected chi connectivity index (χ2v) is 7.74. The standard InChI is InChI=1S/C16H26N4OS/c1-4-14-18-19-16(20(14)3)22-9-15(21)17-10(2)13-8-11-5-6-12(13)7-11/h10-13H,4-9H2,1-3H3,(H,17,21)/t10-,11-,12-,13+/m0/s1. The van der Waals surface area contributed by atoms with Crippen LogP contribution in [0.5, 0.6) is 0 Å². The average molecular weight is 322 g/mol. The van der Waals surface area contributed by atoms with Gasteiger partial charge < -0.3 is 9.88 Å². The summed E-state index contributed by atoms with van der Waals surface area (Å²) in [6.45, 7) is 4.23. The highest BCUT2D eigenvalue weighted by molar-refractivity contribution is 7.99. The van der Waals surface area contributed by atoms with Crippen molar-refractivity contribution in [2.24, 2.45) is 24.8 Å². The Morgan fingerprint density at radius 3 is 2.82 bits per heavy atom. The third-order valence-electron chi connectivity index (χ3n) is 5.40. The summed E-state index contributed by atoms with van der Waals surface area (Å²) >= 11 is 1.47. The quantitative estimate of drug-likeness (QED) is 0.817. The lowest BCUT2D eigenvalue weighted by Gasteiger charge is -2.28. The Kier molecular flexibility index (Phi) is 4.76. The van der Waals surface area contributed by atoms with E-state index < -0.39 is 0 Å². The molecule has 0 aromatic carbocycles. The first-order chi connectivity index (χ1) is 10.6. The van der Waals surface area contributed by atoms with Gasteiger partial charge in [-0.3, -0.25) is 4.79 Å². The first kappa shape index (κ1) is 15.8. The summed E-state index contributed by atoms with van der Waals surface area (Å²) in [7, 11) is 1.96. The Bertz CT molecular complexity index is 544. The Labute approximate surface area is 136 Å². The molecule has 22 heavy (non-hydrogen) atoms. The zero-order valence-corrected chi connectivity index (χ0v) is 14.5. The third kappa shape index (κ3) is 3.16. The number of amides is 1. The molecule has 2 saturated carbocycles. The number of nitrogens with one attached hydrogen (secondary N) is 1. The van der Waals surface area contributed by atoms with E-state index in [1.807, 2.05) is 11.6 Å². The number of aromatic nitrogens is 3. The number of thioether (sulfide) groups is 1. The fraction of sp³-hybridized carbons (Fsp3) is 0.812. The van der Waals surface area contributed by atoms with Crippen LogP contribution >= 0.6 is 11.8 Å². The highest BCUT2D eigenvalue weighted by Crippen LogP contribution is 2.49. The van der Waals surface area contributed by atoms with Gasteiger partial charge in [0.25, 0.3) is 0 Å². The van der Waals surface area contributed by atoms with Crippen molar-refractivity contribution >= 4 is 17.7 Å². The van der Waals surface area contributed by atoms with Crippen molar-refractivity contribution in [3.8, 4) is 0 Å². The molecule has 5 nitrogen and oxygen atoms in total. The van der Waals surface area contributed by atoms with Crippen molar-refractivity contribution in [2.75, 3.05) is 5.75 Å². The Hall–Kier alpha value is -1.04. The number of hydrogen-bond donors (Lipinski definition) is 1. The molecule has 0 saturated heterocycles. The van der Waals surface area contributed by atoms with Gasteiger partial charge in [0.1, 0.15) is 5.82 Å². The predicted molar refractivity (Wildman–Crippen MR) is 87.6 cm³/mol. The van der Waals surface area contributed by atoms with Crippen molar-refractivity contribution < 1.29 is 4.79 Å². The minimum Gasteiger partial charge on any atom is -0.353 e. The van der Waals surface area contributed by atoms with Crippen LogP contribution in [0.1, 0.15) is 45.4 Å². The van der Waals surface area contributed by atoms with Crippen molar-refractivity contribution in [3.05, 3.63) is 5.82 Å². The molecule has 1 aromatic rings. The number of nitrogens with zero attached hydrogens (tertiary/aromatic N) is 3. The van der Waals surface area contributed by atoms with E-state index in [-0.39, 0.29) is 5.91 Å². The van der Waals surface area contributed by atoms with Crippen LogP contribution < -0.4 is 5.32 Å². The maximum Gasteiger partial charge on any atom is 0.230 e. The summed E-state index contributed by atoms with van der Waals surface area (Å²) in [5.41, 5.74) is 0. The molecule has 0 aliphatic heterocycles. The zero-order valence-electron chi connectivity index (χ0n) is 13.7. The van der Waals surface area contributed by atoms with E-state index in [4.69, 9.17) is 0 Å². The molecule has 1 heterocycles. The summed E-state index contributed by atoms with van der Waals surface area (Å²) in [6.07, 6.45) is 6.32. The van der Waals surface area contributed by atoms with Crippen LogP contribution in [-0.4, -0.2) is 32.5 Å². The van der Waals surface area contributed by atoms with Crippen molar-refractivity contribution in [3.63, 3.8) is 0 Å². The van der Waals surface area contributed by atoms with E-state index in [1.54, 1.807) is 0 Å². The SMILES string of the molecule is CCc1nnc(SCC(=O)N[C@@H](C)[C@H]2C[C@H]3CC[C@H]2C3)n1C. The molecule has 0 unspecified atom stereocenters. The van der Waals surface area contributed by atoms with E-state index in [2.05, 4.69) is 29.4 Å². The van der Waals surface area contributed by atoms with E-state index in [1.165, 1.54) is 37.4 Å². The van der Waals surface area contributed by atoms with E-state index in [9.17, 15) is 4.79 Å². The highest BCUT2D eigenvalue weighted by Gasteiger charge is 2.42. The van der Waals surface area contributed by atoms with Crippen LogP contribution in [0.4, 0.5) is 0 Å². The van der Waals surface area contributed by atoms with Gasteiger partial charge >= 0.3 is 0 Å². The minimum atomic E-state index is 0.112. The first-order valence-corrected chi connectivity index (χ1v) is 9.37. The summed E-state index contributed by atoms with van der Waals surface area (Å²) in [4.78, 5) is 12.2. The molecule has 2 fully saturated rings. The Balaban J connectivity index is 1.47. The second-order valence-electron chi connectivity index (χ2n) is 6.79. The molecule has 0 radical (unpaired) electrons. The van der Waals surface area contributed by atoms with Crippen LogP contribution in [0.25, 0.3) is 0 Å². The molecule has 2 aliphatic rings. The number of aryl methyl sites for hydroxylation is 1. The first-order valence-electron chi connectivity index (χ1n) is 8.38. The molecule has 0 spiro atoms. The number of hydrogen-bond acceptors (Lipinski definition) is 4. The van der Waals surface area contributed by atoms with Crippen molar-refractivity contribution in [1.29, 1.82) is 0 Å². The highest BCUT2D eigenvalue weighted by atomic mass is 32.2. The molecule has 1 aromatic heterocycles. The van der Waals surface area contributed by atoms with Crippen LogP contribution in [0.15, 0.2) is 5.16 Å². The predicted octanol–water partition coefficient (Wildman–Crippen LogP) is 2.41. The van der Waals surface area contributed by atoms with Gasteiger partial charge in [0.15, 0.2) is 5.16 Å². The van der Waals surface area contributed by atoms with E-state index >= 15 is 0 Å². The molecule has 1 amide bonds. The van der Waals surface area contributed by atoms with Crippen molar-refractivity contribution in [2.45, 2.75) is 57.1 Å². The molecular weight excluding hydrogens is 296 g/mol. The number of fused-ring (bicyclic) bond motifs is 2. The normalized spacial score (nSPS) is 28.0. The van der Waals surface area contributed by atoms with E-state index in [0.29, 0.717) is 17.7 Å². The maximum absolute atomic E-state index is 12.2. The average Bonchev–Trinajstić information content (AvgIpc) is 3.20. The molecule has 1 N–H and O–H groups in total. The zero-order chi connectivity index (χ0) is 15.7. The van der Waals surface area contributed by atoms with Crippen molar-refractivity contribution in [1.82, 2.24) is 20.1 Å². The van der Waals surface area contributed by atoms with Crippen LogP contribution in [-0.2, 0) is 18.3 Å². The lowest BCUT2D eigenvalue weighted by atomic mass is 9.84. The van der Waals surface area contributed by atoms with Gasteiger partial charge in [-0.25, -0.2) is 0 Å². The van der Waals surface area contributed by atoms with Gasteiger partial charge in [-0.2, -0.15) is 0 Å². The molecule has 122 valence electrons. The monoisotopic (exact) mass is 322 g/mol. The molecular formula is C16H26N4OS. The largest absolute Gasteiger partial charge is 0.353 e. The van der Waals surface area contributed by atoms with E-state index in [0.717, 1.165) is 29.2 Å². The molecule has 2 bridgehead atoms. The summed E-state index contributed by atoms with van der Waals surface area (Å²) in [6, 6.07) is 0.300. The molecule has 2 aliphatic carbocycles. The minimum absolute atomic E-state index is 0.112. The van der Waals surface area contributed by atoms with Gasteiger partial charge in [-0.05, 0) is 43.9 Å². The summed E-state index contributed by atoms with van der Waals surface area (Å²) in [5.74, 6) is 3.95. The second kappa shape index (κ2) is 6.60. The maximum atomic E-state index is 12.2. The summed E-state index contributed by atoms with van der Waals surface area (Å²) < 4.78 is 1.97. The number of carbonyl (C=O) groups excluding carboxylic acids is 1. The molecule has 3 rings (SSSR count). The Morgan fingerprint density at radius 2 is 2.23 bits per heavy atom. The van der Waals surface area contributed by atoms with Gasteiger partial charge in [0, 0.05) is 19.5 Å². The number of rotatable bonds is 6. The third-order valence-corrected chi connectivity index (χ3v) is 6.42. The van der Waals surface area contributed by atoms with Gasteiger partial charge in [0.2, 0.25) is 5.91 Å². The van der Waals surface area contributed by atoms with Gasteiger partial charge in [-0.15, -0.1) is 10.2 Å². The molecule has 6 heteroatoms. The van der Waals surface area contributed by atoms with Crippen LogP contribution in [0.3, 0.4) is 0 Å². The fourth-order valence-electron chi connectivity index (χ4n) is 4.22. The molecule has 4 atom stereocenters. The smallest absolute Gasteiger partial charge is 0.230 e. The fourth-order valence-corrected chi connectivity index (χ4v) is 4.96. The topological polar surface area (TPSA) is 59.8 Å². The number of carbonyl (C=O) groups is 1. The van der Waals surface area contributed by atoms with Gasteiger partial charge in [0.05, 0.1) is 5.75 Å². The summed E-state index contributed by atoms with van der Waals surface area (Å²) in [5, 5.41) is 12.3. The van der Waals surface area contributed by atoms with Crippen LogP contribution in [0, 0.1) is 17.8 Å². The van der Waals surface area contributed by atoms with Gasteiger partial charge in [-0.1, -0.05) is 25.1 Å². The van der Waals surface area contributed by atoms with Crippen LogP contribution in [0.2, 0.25) is 0 Å².